The maximum absolute atomic E-state index is 12.0. The Balaban J connectivity index is 1.77. The van der Waals surface area contributed by atoms with Gasteiger partial charge in [-0.3, -0.25) is 9.59 Å². The standard InChI is InChI=1S/C17H16Cl2N2O3S/c1-11(17(23)21-14-7-4-8-20-16(14)19)24-15(22)10-25-9-12-5-2-3-6-13(12)18/h2-8,11H,9-10H2,1H3,(H,21,23)/t11-/m1/s1. The summed E-state index contributed by atoms with van der Waals surface area (Å²) in [6.07, 6.45) is 0.571. The van der Waals surface area contributed by atoms with Gasteiger partial charge in [0.05, 0.1) is 11.4 Å². The fraction of sp³-hybridized carbons (Fsp3) is 0.235. The Morgan fingerprint density at radius 1 is 1.24 bits per heavy atom. The first-order valence-corrected chi connectivity index (χ1v) is 9.30. The van der Waals surface area contributed by atoms with Crippen LogP contribution >= 0.6 is 35.0 Å². The first-order chi connectivity index (χ1) is 12.0. The molecule has 25 heavy (non-hydrogen) atoms. The molecule has 0 aliphatic heterocycles. The summed E-state index contributed by atoms with van der Waals surface area (Å²) < 4.78 is 5.12. The molecule has 1 heterocycles. The van der Waals surface area contributed by atoms with E-state index in [0.717, 1.165) is 5.56 Å². The van der Waals surface area contributed by atoms with E-state index in [-0.39, 0.29) is 10.9 Å². The second-order valence-corrected chi connectivity index (χ2v) is 6.80. The molecule has 0 aliphatic carbocycles. The second kappa shape index (κ2) is 9.65. The number of anilines is 1. The predicted octanol–water partition coefficient (Wildman–Crippen LogP) is 4.19. The number of ether oxygens (including phenoxy) is 1. The van der Waals surface area contributed by atoms with Crippen molar-refractivity contribution in [2.45, 2.75) is 18.8 Å². The van der Waals surface area contributed by atoms with E-state index in [9.17, 15) is 9.59 Å². The number of thioether (sulfide) groups is 1. The van der Waals surface area contributed by atoms with E-state index in [4.69, 9.17) is 27.9 Å². The van der Waals surface area contributed by atoms with Gasteiger partial charge in [0.1, 0.15) is 0 Å². The van der Waals surface area contributed by atoms with Crippen molar-refractivity contribution in [2.75, 3.05) is 11.1 Å². The summed E-state index contributed by atoms with van der Waals surface area (Å²) in [7, 11) is 0. The van der Waals surface area contributed by atoms with Gasteiger partial charge in [0, 0.05) is 17.0 Å². The summed E-state index contributed by atoms with van der Waals surface area (Å²) in [6, 6.07) is 10.7. The number of hydrogen-bond acceptors (Lipinski definition) is 5. The number of rotatable bonds is 7. The van der Waals surface area contributed by atoms with Gasteiger partial charge in [0.25, 0.3) is 5.91 Å². The molecule has 0 spiro atoms. The van der Waals surface area contributed by atoms with Crippen LogP contribution in [0.4, 0.5) is 5.69 Å². The molecule has 2 aromatic rings. The number of aromatic nitrogens is 1. The molecule has 0 bridgehead atoms. The van der Waals surface area contributed by atoms with Gasteiger partial charge in [-0.15, -0.1) is 11.8 Å². The number of amides is 1. The molecule has 0 aliphatic rings. The zero-order valence-electron chi connectivity index (χ0n) is 13.4. The summed E-state index contributed by atoms with van der Waals surface area (Å²) >= 11 is 13.3. The Hall–Kier alpha value is -1.76. The van der Waals surface area contributed by atoms with Crippen molar-refractivity contribution < 1.29 is 14.3 Å². The van der Waals surface area contributed by atoms with Crippen LogP contribution in [0.2, 0.25) is 10.2 Å². The van der Waals surface area contributed by atoms with Gasteiger partial charge in [-0.05, 0) is 30.7 Å². The largest absolute Gasteiger partial charge is 0.452 e. The topological polar surface area (TPSA) is 68.3 Å². The van der Waals surface area contributed by atoms with Crippen molar-refractivity contribution >= 4 is 52.5 Å². The van der Waals surface area contributed by atoms with Crippen LogP contribution in [0.1, 0.15) is 12.5 Å². The van der Waals surface area contributed by atoms with E-state index in [0.29, 0.717) is 16.5 Å². The predicted molar refractivity (Wildman–Crippen MR) is 101 cm³/mol. The number of nitrogens with one attached hydrogen (secondary N) is 1. The summed E-state index contributed by atoms with van der Waals surface area (Å²) in [6.45, 7) is 1.50. The van der Waals surface area contributed by atoms with Crippen LogP contribution in [0.5, 0.6) is 0 Å². The Labute approximate surface area is 160 Å². The van der Waals surface area contributed by atoms with E-state index in [1.807, 2.05) is 18.2 Å². The third-order valence-corrected chi connectivity index (χ3v) is 4.75. The summed E-state index contributed by atoms with van der Waals surface area (Å²) in [5.74, 6) is -0.242. The van der Waals surface area contributed by atoms with E-state index in [1.54, 1.807) is 18.2 Å². The molecule has 0 radical (unpaired) electrons. The van der Waals surface area contributed by atoms with Gasteiger partial charge in [0.15, 0.2) is 11.3 Å². The fourth-order valence-corrected chi connectivity index (χ4v) is 3.11. The molecule has 1 N–H and O–H groups in total. The molecule has 132 valence electrons. The van der Waals surface area contributed by atoms with Gasteiger partial charge in [-0.25, -0.2) is 4.98 Å². The molecular formula is C17H16Cl2N2O3S. The van der Waals surface area contributed by atoms with Crippen LogP contribution in [0, 0.1) is 0 Å². The number of carbonyl (C=O) groups excluding carboxylic acids is 2. The average Bonchev–Trinajstić information content (AvgIpc) is 2.58. The average molecular weight is 399 g/mol. The first kappa shape index (κ1) is 19.6. The Kier molecular flexibility index (Phi) is 7.55. The van der Waals surface area contributed by atoms with Crippen molar-refractivity contribution in [3.05, 3.63) is 58.3 Å². The number of halogens is 2. The zero-order chi connectivity index (χ0) is 18.2. The van der Waals surface area contributed by atoms with Gasteiger partial charge in [-0.2, -0.15) is 0 Å². The van der Waals surface area contributed by atoms with E-state index >= 15 is 0 Å². The third kappa shape index (κ3) is 6.23. The van der Waals surface area contributed by atoms with Crippen LogP contribution in [0.3, 0.4) is 0 Å². The molecule has 0 saturated heterocycles. The third-order valence-electron chi connectivity index (χ3n) is 3.13. The highest BCUT2D eigenvalue weighted by atomic mass is 35.5. The molecule has 0 saturated carbocycles. The molecule has 0 unspecified atom stereocenters. The maximum Gasteiger partial charge on any atom is 0.316 e. The van der Waals surface area contributed by atoms with Crippen LogP contribution in [0.25, 0.3) is 0 Å². The van der Waals surface area contributed by atoms with Crippen molar-refractivity contribution in [1.82, 2.24) is 4.98 Å². The van der Waals surface area contributed by atoms with Gasteiger partial charge >= 0.3 is 5.97 Å². The minimum atomic E-state index is -0.940. The lowest BCUT2D eigenvalue weighted by molar-refractivity contribution is -0.150. The lowest BCUT2D eigenvalue weighted by atomic mass is 10.2. The number of esters is 1. The maximum atomic E-state index is 12.0. The number of pyridine rings is 1. The van der Waals surface area contributed by atoms with E-state index in [1.165, 1.54) is 24.9 Å². The van der Waals surface area contributed by atoms with E-state index < -0.39 is 18.0 Å². The van der Waals surface area contributed by atoms with Crippen molar-refractivity contribution in [3.63, 3.8) is 0 Å². The zero-order valence-corrected chi connectivity index (χ0v) is 15.7. The van der Waals surface area contributed by atoms with Gasteiger partial charge < -0.3 is 10.1 Å². The van der Waals surface area contributed by atoms with Crippen LogP contribution in [-0.2, 0) is 20.1 Å². The highest BCUT2D eigenvalue weighted by molar-refractivity contribution is 7.99. The van der Waals surface area contributed by atoms with Crippen molar-refractivity contribution in [3.8, 4) is 0 Å². The number of hydrogen-bond donors (Lipinski definition) is 1. The molecule has 0 fully saturated rings. The Bertz CT molecular complexity index is 758. The minimum absolute atomic E-state index is 0.122. The quantitative estimate of drug-likeness (QED) is 0.559. The first-order valence-electron chi connectivity index (χ1n) is 7.39. The molecule has 1 aromatic heterocycles. The van der Waals surface area contributed by atoms with Crippen LogP contribution < -0.4 is 5.32 Å². The summed E-state index contributed by atoms with van der Waals surface area (Å²) in [5.41, 5.74) is 1.31. The SMILES string of the molecule is C[C@@H](OC(=O)CSCc1ccccc1Cl)C(=O)Nc1cccnc1Cl. The van der Waals surface area contributed by atoms with Crippen molar-refractivity contribution in [1.29, 1.82) is 0 Å². The van der Waals surface area contributed by atoms with Crippen LogP contribution in [0.15, 0.2) is 42.6 Å². The fourth-order valence-electron chi connectivity index (χ4n) is 1.86. The normalized spacial score (nSPS) is 11.6. The Morgan fingerprint density at radius 2 is 2.00 bits per heavy atom. The second-order valence-electron chi connectivity index (χ2n) is 5.05. The summed E-state index contributed by atoms with van der Waals surface area (Å²) in [5, 5.41) is 3.40. The molecule has 8 heteroatoms. The lowest BCUT2D eigenvalue weighted by Gasteiger charge is -2.14. The molecular weight excluding hydrogens is 383 g/mol. The highest BCUT2D eigenvalue weighted by Gasteiger charge is 2.19. The summed E-state index contributed by atoms with van der Waals surface area (Å²) in [4.78, 5) is 27.8. The molecule has 5 nitrogen and oxygen atoms in total. The monoisotopic (exact) mass is 398 g/mol. The number of benzene rings is 1. The number of nitrogens with zero attached hydrogens (tertiary/aromatic N) is 1. The molecule has 1 amide bonds. The molecule has 1 atom stereocenters. The highest BCUT2D eigenvalue weighted by Crippen LogP contribution is 2.21. The smallest absolute Gasteiger partial charge is 0.316 e. The van der Waals surface area contributed by atoms with E-state index in [2.05, 4.69) is 10.3 Å². The van der Waals surface area contributed by atoms with Crippen LogP contribution in [-0.4, -0.2) is 28.7 Å². The molecule has 2 rings (SSSR count). The van der Waals surface area contributed by atoms with Gasteiger partial charge in [-0.1, -0.05) is 41.4 Å². The van der Waals surface area contributed by atoms with Gasteiger partial charge in [0.2, 0.25) is 0 Å². The lowest BCUT2D eigenvalue weighted by Crippen LogP contribution is -2.30. The number of carbonyl (C=O) groups is 2. The van der Waals surface area contributed by atoms with Crippen molar-refractivity contribution in [2.24, 2.45) is 0 Å². The minimum Gasteiger partial charge on any atom is -0.452 e. The molecule has 1 aromatic carbocycles. The Morgan fingerprint density at radius 3 is 2.72 bits per heavy atom.